The van der Waals surface area contributed by atoms with E-state index in [-0.39, 0.29) is 37.2 Å². The van der Waals surface area contributed by atoms with Crippen molar-refractivity contribution in [3.63, 3.8) is 0 Å². The van der Waals surface area contributed by atoms with Gasteiger partial charge in [0.15, 0.2) is 0 Å². The predicted octanol–water partition coefficient (Wildman–Crippen LogP) is -4.01. The van der Waals surface area contributed by atoms with Crippen LogP contribution in [0, 0.1) is 0 Å². The van der Waals surface area contributed by atoms with Crippen molar-refractivity contribution < 1.29 is 61.9 Å². The third-order valence-electron chi connectivity index (χ3n) is 4.92. The number of hydrogen-bond acceptors (Lipinski definition) is 0. The standard InChI is InChI=1S/C21H19.3ClH.Zr/c1-14(2)16-11-12-18-17-9-5-6-10-19(17)21(20(18)13-16)15-7-3-4-8-15;;;;/h3-7,9-12,14,21H,8H2,1-2H3;3*1H;/q;;;;+3/p-3. The Morgan fingerprint density at radius 3 is 2.32 bits per heavy atom. The van der Waals surface area contributed by atoms with Gasteiger partial charge in [0.1, 0.15) is 0 Å². The third kappa shape index (κ3) is 3.72. The topological polar surface area (TPSA) is 0 Å². The molecule has 0 fully saturated rings. The first-order chi connectivity index (χ1) is 10.7. The van der Waals surface area contributed by atoms with Crippen LogP contribution in [-0.2, 0) is 24.7 Å². The maximum Gasteiger partial charge on any atom is -1.00 e. The van der Waals surface area contributed by atoms with Gasteiger partial charge >= 0.3 is 148 Å². The molecule has 128 valence electrons. The first-order valence-electron chi connectivity index (χ1n) is 8.01. The van der Waals surface area contributed by atoms with E-state index >= 15 is 0 Å². The molecule has 0 saturated heterocycles. The van der Waals surface area contributed by atoms with Gasteiger partial charge in [-0.3, -0.25) is 0 Å². The van der Waals surface area contributed by atoms with Crippen molar-refractivity contribution in [2.75, 3.05) is 0 Å². The van der Waals surface area contributed by atoms with Crippen LogP contribution < -0.4 is 40.5 Å². The van der Waals surface area contributed by atoms with E-state index in [0.717, 1.165) is 6.42 Å². The second-order valence-electron chi connectivity index (χ2n) is 6.54. The zero-order valence-electron chi connectivity index (χ0n) is 14.2. The Hall–Kier alpha value is -0.327. The molecule has 2 aromatic carbocycles. The second kappa shape index (κ2) is 9.05. The summed E-state index contributed by atoms with van der Waals surface area (Å²) in [6.07, 6.45) is 7.92. The van der Waals surface area contributed by atoms with Gasteiger partial charge in [0.2, 0.25) is 0 Å². The molecule has 0 amide bonds. The first-order valence-corrected chi connectivity index (χ1v) is 9.24. The summed E-state index contributed by atoms with van der Waals surface area (Å²) in [6, 6.07) is 13.7. The summed E-state index contributed by atoms with van der Waals surface area (Å²) in [5.74, 6) is 1.06. The Morgan fingerprint density at radius 2 is 1.68 bits per heavy atom. The Morgan fingerprint density at radius 1 is 0.960 bits per heavy atom. The Balaban J connectivity index is 0.00000104. The minimum Gasteiger partial charge on any atom is -1.00 e. The Kier molecular flexibility index (Phi) is 8.22. The van der Waals surface area contributed by atoms with Gasteiger partial charge in [0.05, 0.1) is 0 Å². The van der Waals surface area contributed by atoms with Gasteiger partial charge in [-0.05, 0) is 0 Å². The largest absolute Gasteiger partial charge is 1.00 e. The number of benzene rings is 2. The molecule has 25 heavy (non-hydrogen) atoms. The molecule has 0 saturated carbocycles. The average Bonchev–Trinajstić information content (AvgIpc) is 3.12. The average molecular weight is 469 g/mol. The zero-order valence-corrected chi connectivity index (χ0v) is 18.9. The number of halogens is 3. The number of fused-ring (bicyclic) bond motifs is 3. The van der Waals surface area contributed by atoms with Crippen LogP contribution in [0.25, 0.3) is 11.1 Å². The van der Waals surface area contributed by atoms with Crippen molar-refractivity contribution in [2.45, 2.75) is 32.1 Å². The monoisotopic (exact) mass is 466 g/mol. The van der Waals surface area contributed by atoms with Crippen LogP contribution >= 0.6 is 0 Å². The van der Waals surface area contributed by atoms with Crippen molar-refractivity contribution in [3.8, 4) is 11.1 Å². The summed E-state index contributed by atoms with van der Waals surface area (Å²) in [5, 5.41) is 0. The van der Waals surface area contributed by atoms with Crippen molar-refractivity contribution in [3.05, 3.63) is 76.9 Å². The quantitative estimate of drug-likeness (QED) is 0.421. The predicted molar refractivity (Wildman–Crippen MR) is 89.3 cm³/mol. The van der Waals surface area contributed by atoms with Crippen molar-refractivity contribution in [2.24, 2.45) is 0 Å². The molecule has 0 aromatic heterocycles. The van der Waals surface area contributed by atoms with Crippen molar-refractivity contribution >= 4 is 3.27 Å². The van der Waals surface area contributed by atoms with Crippen LogP contribution in [-0.4, -0.2) is 0 Å². The van der Waals surface area contributed by atoms with E-state index in [2.05, 4.69) is 68.5 Å². The molecule has 1 unspecified atom stereocenters. The van der Waals surface area contributed by atoms with Crippen LogP contribution in [0.1, 0.15) is 48.8 Å². The summed E-state index contributed by atoms with van der Waals surface area (Å²) in [7, 11) is 0. The molecule has 0 radical (unpaired) electrons. The molecule has 0 aliphatic heterocycles. The molecule has 0 spiro atoms. The third-order valence-corrected chi connectivity index (χ3v) is 6.29. The SMILES string of the molecule is CC(C)c1ccc2c([c]1[Zr+3])C(C1=CC=CC1)c1ccccc1-2.[Cl-].[Cl-].[Cl-]. The van der Waals surface area contributed by atoms with Gasteiger partial charge in [0.25, 0.3) is 0 Å². The normalized spacial score (nSPS) is 16.4. The fourth-order valence-corrected chi connectivity index (χ4v) is 5.46. The Bertz CT molecular complexity index is 822. The van der Waals surface area contributed by atoms with Crippen LogP contribution in [0.4, 0.5) is 0 Å². The van der Waals surface area contributed by atoms with Crippen LogP contribution in [0.3, 0.4) is 0 Å². The van der Waals surface area contributed by atoms with E-state index in [1.807, 2.05) is 0 Å². The molecule has 2 aromatic rings. The molecule has 0 bridgehead atoms. The number of hydrogen-bond donors (Lipinski definition) is 0. The summed E-state index contributed by atoms with van der Waals surface area (Å²) in [5.41, 5.74) is 9.06. The number of allylic oxidation sites excluding steroid dienone is 4. The summed E-state index contributed by atoms with van der Waals surface area (Å²) < 4.78 is 1.58. The Labute approximate surface area is 184 Å². The van der Waals surface area contributed by atoms with Crippen LogP contribution in [0.5, 0.6) is 0 Å². The minimum absolute atomic E-state index is 0. The van der Waals surface area contributed by atoms with Crippen LogP contribution in [0.15, 0.2) is 60.2 Å². The molecule has 0 heterocycles. The fraction of sp³-hybridized carbons (Fsp3) is 0.238. The van der Waals surface area contributed by atoms with Gasteiger partial charge in [0, 0.05) is 0 Å². The molecule has 1 atom stereocenters. The van der Waals surface area contributed by atoms with Gasteiger partial charge in [-0.2, -0.15) is 0 Å². The van der Waals surface area contributed by atoms with E-state index in [9.17, 15) is 0 Å². The maximum atomic E-state index is 2.36. The van der Waals surface area contributed by atoms with Crippen molar-refractivity contribution in [1.82, 2.24) is 0 Å². The van der Waals surface area contributed by atoms with Gasteiger partial charge in [-0.25, -0.2) is 0 Å². The van der Waals surface area contributed by atoms with E-state index in [1.165, 1.54) is 47.0 Å². The zero-order chi connectivity index (χ0) is 15.3. The molecule has 4 heteroatoms. The second-order valence-corrected chi connectivity index (χ2v) is 7.77. The van der Waals surface area contributed by atoms with Gasteiger partial charge in [-0.15, -0.1) is 0 Å². The first kappa shape index (κ1) is 22.7. The summed E-state index contributed by atoms with van der Waals surface area (Å²) in [6.45, 7) is 4.62. The molecule has 0 nitrogen and oxygen atoms in total. The molecule has 0 N–H and O–H groups in total. The maximum absolute atomic E-state index is 2.36. The number of rotatable bonds is 2. The molecule has 4 rings (SSSR count). The van der Waals surface area contributed by atoms with Gasteiger partial charge in [-0.1, -0.05) is 0 Å². The summed E-state index contributed by atoms with van der Waals surface area (Å²) >= 11 is 1.54. The smallest absolute Gasteiger partial charge is 1.00 e. The van der Waals surface area contributed by atoms with Crippen molar-refractivity contribution in [1.29, 1.82) is 0 Å². The molecule has 2 aliphatic rings. The van der Waals surface area contributed by atoms with E-state index < -0.39 is 0 Å². The minimum atomic E-state index is 0. The van der Waals surface area contributed by atoms with Gasteiger partial charge < -0.3 is 37.2 Å². The molecule has 2 aliphatic carbocycles. The van der Waals surface area contributed by atoms with E-state index in [0.29, 0.717) is 11.8 Å². The summed E-state index contributed by atoms with van der Waals surface area (Å²) in [4.78, 5) is 0. The van der Waals surface area contributed by atoms with Crippen LogP contribution in [0.2, 0.25) is 0 Å². The molecular weight excluding hydrogens is 450 g/mol. The van der Waals surface area contributed by atoms with E-state index in [1.54, 1.807) is 14.4 Å². The molecular formula is C21H19Cl3Zr. The van der Waals surface area contributed by atoms with E-state index in [4.69, 9.17) is 0 Å². The fourth-order valence-electron chi connectivity index (χ4n) is 3.86.